The van der Waals surface area contributed by atoms with E-state index < -0.39 is 0 Å². The molecule has 0 aliphatic heterocycles. The Hall–Kier alpha value is -2.09. The molecule has 0 aliphatic rings. The maximum Gasteiger partial charge on any atom is 0.153 e. The summed E-state index contributed by atoms with van der Waals surface area (Å²) in [6.45, 7) is 6.18. The number of aromatic hydroxyl groups is 1. The van der Waals surface area contributed by atoms with Crippen molar-refractivity contribution in [2.45, 2.75) is 20.8 Å². The zero-order valence-electron chi connectivity index (χ0n) is 10.8. The molecule has 0 spiro atoms. The molecule has 0 amide bonds. The quantitative estimate of drug-likeness (QED) is 0.811. The molecule has 0 aliphatic carbocycles. The molecule has 0 heterocycles. The van der Waals surface area contributed by atoms with Crippen LogP contribution in [0.5, 0.6) is 5.75 Å². The second-order valence-corrected chi connectivity index (χ2v) is 4.67. The van der Waals surface area contributed by atoms with Crippen LogP contribution in [0.1, 0.15) is 27.0 Å². The van der Waals surface area contributed by atoms with Crippen LogP contribution in [0.25, 0.3) is 11.1 Å². The van der Waals surface area contributed by atoms with Gasteiger partial charge in [-0.25, -0.2) is 0 Å². The maximum absolute atomic E-state index is 10.9. The fourth-order valence-corrected chi connectivity index (χ4v) is 2.44. The molecule has 2 aromatic carbocycles. The van der Waals surface area contributed by atoms with E-state index >= 15 is 0 Å². The van der Waals surface area contributed by atoms with Crippen molar-refractivity contribution < 1.29 is 9.90 Å². The van der Waals surface area contributed by atoms with E-state index in [0.29, 0.717) is 11.8 Å². The second-order valence-electron chi connectivity index (χ2n) is 4.67. The minimum absolute atomic E-state index is 0.0242. The molecular formula is C16H16O2. The lowest BCUT2D eigenvalue weighted by atomic mass is 9.93. The molecule has 0 saturated heterocycles. The minimum atomic E-state index is 0.0242. The van der Waals surface area contributed by atoms with Gasteiger partial charge >= 0.3 is 0 Å². The highest BCUT2D eigenvalue weighted by Gasteiger charge is 2.09. The number of aryl methyl sites for hydroxylation is 3. The summed E-state index contributed by atoms with van der Waals surface area (Å²) in [5.74, 6) is 0.0242. The summed E-state index contributed by atoms with van der Waals surface area (Å²) in [5, 5.41) is 9.53. The topological polar surface area (TPSA) is 37.3 Å². The summed E-state index contributed by atoms with van der Waals surface area (Å²) < 4.78 is 0. The van der Waals surface area contributed by atoms with Gasteiger partial charge in [-0.15, -0.1) is 0 Å². The Morgan fingerprint density at radius 1 is 1.00 bits per heavy atom. The maximum atomic E-state index is 10.9. The highest BCUT2D eigenvalue weighted by Crippen LogP contribution is 2.30. The van der Waals surface area contributed by atoms with Gasteiger partial charge in [0.25, 0.3) is 0 Å². The number of carbonyl (C=O) groups is 1. The number of hydrogen-bond donors (Lipinski definition) is 1. The number of benzene rings is 2. The predicted molar refractivity (Wildman–Crippen MR) is 73.1 cm³/mol. The first-order valence-corrected chi connectivity index (χ1v) is 5.89. The molecule has 92 valence electrons. The Morgan fingerprint density at radius 3 is 2.17 bits per heavy atom. The van der Waals surface area contributed by atoms with E-state index in [1.165, 1.54) is 16.7 Å². The van der Waals surface area contributed by atoms with Crippen LogP contribution in [0.4, 0.5) is 0 Å². The second kappa shape index (κ2) is 4.65. The number of aldehydes is 1. The monoisotopic (exact) mass is 240 g/mol. The van der Waals surface area contributed by atoms with E-state index in [4.69, 9.17) is 0 Å². The van der Waals surface area contributed by atoms with Gasteiger partial charge in [-0.1, -0.05) is 23.8 Å². The molecule has 0 aromatic heterocycles. The van der Waals surface area contributed by atoms with Crippen LogP contribution in [0.3, 0.4) is 0 Å². The van der Waals surface area contributed by atoms with E-state index in [0.717, 1.165) is 11.1 Å². The number of hydrogen-bond acceptors (Lipinski definition) is 2. The Kier molecular flexibility index (Phi) is 3.19. The third kappa shape index (κ3) is 2.14. The van der Waals surface area contributed by atoms with Gasteiger partial charge in [-0.3, -0.25) is 4.79 Å². The van der Waals surface area contributed by atoms with Crippen LogP contribution in [0, 0.1) is 20.8 Å². The van der Waals surface area contributed by atoms with Crippen molar-refractivity contribution >= 4 is 6.29 Å². The average Bonchev–Trinajstić information content (AvgIpc) is 2.30. The third-order valence-corrected chi connectivity index (χ3v) is 3.12. The molecule has 0 saturated carbocycles. The molecule has 2 aromatic rings. The van der Waals surface area contributed by atoms with E-state index in [9.17, 15) is 9.90 Å². The van der Waals surface area contributed by atoms with E-state index in [-0.39, 0.29) is 5.75 Å². The molecule has 0 fully saturated rings. The lowest BCUT2D eigenvalue weighted by molar-refractivity contribution is 0.112. The van der Waals surface area contributed by atoms with Crippen LogP contribution < -0.4 is 0 Å². The van der Waals surface area contributed by atoms with Gasteiger partial charge in [0, 0.05) is 0 Å². The molecule has 1 N–H and O–H groups in total. The zero-order valence-corrected chi connectivity index (χ0v) is 10.8. The molecule has 2 nitrogen and oxygen atoms in total. The van der Waals surface area contributed by atoms with Crippen LogP contribution in [0.15, 0.2) is 30.3 Å². The third-order valence-electron chi connectivity index (χ3n) is 3.12. The number of rotatable bonds is 2. The Balaban J connectivity index is 2.66. The SMILES string of the molecule is Cc1cc(C)c(-c2ccc(O)c(C=O)c2)c(C)c1. The van der Waals surface area contributed by atoms with Crippen LogP contribution in [0.2, 0.25) is 0 Å². The van der Waals surface area contributed by atoms with Crippen molar-refractivity contribution in [2.75, 3.05) is 0 Å². The molecule has 0 bridgehead atoms. The molecular weight excluding hydrogens is 224 g/mol. The predicted octanol–water partition coefficient (Wildman–Crippen LogP) is 3.80. The van der Waals surface area contributed by atoms with Crippen LogP contribution >= 0.6 is 0 Å². The molecule has 0 atom stereocenters. The lowest BCUT2D eigenvalue weighted by Gasteiger charge is -2.12. The number of phenols is 1. The van der Waals surface area contributed by atoms with Crippen LogP contribution in [-0.2, 0) is 0 Å². The minimum Gasteiger partial charge on any atom is -0.507 e. The Bertz CT molecular complexity index is 589. The van der Waals surface area contributed by atoms with Gasteiger partial charge in [0.2, 0.25) is 0 Å². The normalized spacial score (nSPS) is 10.4. The number of carbonyl (C=O) groups excluding carboxylic acids is 1. The van der Waals surface area contributed by atoms with Crippen molar-refractivity contribution in [3.63, 3.8) is 0 Å². The van der Waals surface area contributed by atoms with Crippen molar-refractivity contribution in [1.82, 2.24) is 0 Å². The van der Waals surface area contributed by atoms with E-state index in [1.807, 2.05) is 6.07 Å². The van der Waals surface area contributed by atoms with Crippen molar-refractivity contribution in [3.8, 4) is 16.9 Å². The summed E-state index contributed by atoms with van der Waals surface area (Å²) in [4.78, 5) is 10.9. The van der Waals surface area contributed by atoms with Gasteiger partial charge in [0.15, 0.2) is 6.29 Å². The molecule has 2 heteroatoms. The highest BCUT2D eigenvalue weighted by atomic mass is 16.3. The Labute approximate surface area is 107 Å². The first kappa shape index (κ1) is 12.4. The van der Waals surface area contributed by atoms with Gasteiger partial charge in [0.05, 0.1) is 5.56 Å². The summed E-state index contributed by atoms with van der Waals surface area (Å²) in [6, 6.07) is 9.38. The van der Waals surface area contributed by atoms with Gasteiger partial charge < -0.3 is 5.11 Å². The standard InChI is InChI=1S/C16H16O2/c1-10-6-11(2)16(12(3)7-10)13-4-5-15(18)14(8-13)9-17/h4-9,18H,1-3H3. The van der Waals surface area contributed by atoms with Gasteiger partial charge in [-0.05, 0) is 55.2 Å². The molecule has 2 rings (SSSR count). The Morgan fingerprint density at radius 2 is 1.61 bits per heavy atom. The van der Waals surface area contributed by atoms with E-state index in [2.05, 4.69) is 32.9 Å². The fourth-order valence-electron chi connectivity index (χ4n) is 2.44. The first-order chi connectivity index (χ1) is 8.52. The summed E-state index contributed by atoms with van der Waals surface area (Å²) >= 11 is 0. The van der Waals surface area contributed by atoms with Crippen molar-refractivity contribution in [2.24, 2.45) is 0 Å². The van der Waals surface area contributed by atoms with Gasteiger partial charge in [-0.2, -0.15) is 0 Å². The van der Waals surface area contributed by atoms with Crippen LogP contribution in [-0.4, -0.2) is 11.4 Å². The van der Waals surface area contributed by atoms with E-state index in [1.54, 1.807) is 12.1 Å². The summed E-state index contributed by atoms with van der Waals surface area (Å²) in [5.41, 5.74) is 5.99. The first-order valence-electron chi connectivity index (χ1n) is 5.89. The summed E-state index contributed by atoms with van der Waals surface area (Å²) in [7, 11) is 0. The fraction of sp³-hybridized carbons (Fsp3) is 0.188. The molecule has 0 radical (unpaired) electrons. The van der Waals surface area contributed by atoms with Gasteiger partial charge in [0.1, 0.15) is 5.75 Å². The van der Waals surface area contributed by atoms with Crippen molar-refractivity contribution in [3.05, 3.63) is 52.6 Å². The molecule has 0 unspecified atom stereocenters. The average molecular weight is 240 g/mol. The largest absolute Gasteiger partial charge is 0.507 e. The van der Waals surface area contributed by atoms with Crippen molar-refractivity contribution in [1.29, 1.82) is 0 Å². The summed E-state index contributed by atoms with van der Waals surface area (Å²) in [6.07, 6.45) is 0.678. The zero-order chi connectivity index (χ0) is 13.3. The number of phenolic OH excluding ortho intramolecular Hbond substituents is 1. The highest BCUT2D eigenvalue weighted by molar-refractivity contribution is 5.84. The smallest absolute Gasteiger partial charge is 0.153 e. The lowest BCUT2D eigenvalue weighted by Crippen LogP contribution is -1.91. The molecule has 18 heavy (non-hydrogen) atoms.